The Balaban J connectivity index is 2.15. The zero-order valence-electron chi connectivity index (χ0n) is 8.09. The molecule has 0 atom stereocenters. The maximum absolute atomic E-state index is 11.9. The van der Waals surface area contributed by atoms with E-state index in [1.54, 1.807) is 11.8 Å². The lowest BCUT2D eigenvalue weighted by Gasteiger charge is -2.08. The summed E-state index contributed by atoms with van der Waals surface area (Å²) in [4.78, 5) is 9.35. The number of rotatable bonds is 4. The molecule has 2 heterocycles. The van der Waals surface area contributed by atoms with Crippen LogP contribution >= 0.6 is 23.4 Å². The molecule has 6 heteroatoms. The Morgan fingerprint density at radius 2 is 2.33 bits per heavy atom. The second kappa shape index (κ2) is 4.99. The number of hydrogen-bond acceptors (Lipinski definition) is 4. The molecule has 0 spiro atoms. The van der Waals surface area contributed by atoms with E-state index in [9.17, 15) is 4.39 Å². The van der Waals surface area contributed by atoms with Gasteiger partial charge in [0.05, 0.1) is 17.3 Å². The predicted octanol–water partition coefficient (Wildman–Crippen LogP) is 2.55. The molecule has 1 aromatic heterocycles. The Kier molecular flexibility index (Phi) is 3.64. The fourth-order valence-electron chi connectivity index (χ4n) is 1.43. The van der Waals surface area contributed by atoms with E-state index in [4.69, 9.17) is 11.6 Å². The molecule has 1 aromatic rings. The molecule has 1 aliphatic heterocycles. The second-order valence-corrected chi connectivity index (χ2v) is 4.63. The number of aromatic nitrogens is 2. The van der Waals surface area contributed by atoms with Crippen LogP contribution in [0, 0.1) is 0 Å². The number of nitrogens with zero attached hydrogens (tertiary/aromatic N) is 2. The van der Waals surface area contributed by atoms with Gasteiger partial charge in [-0.05, 0) is 18.0 Å². The van der Waals surface area contributed by atoms with Gasteiger partial charge < -0.3 is 5.32 Å². The van der Waals surface area contributed by atoms with Crippen LogP contribution in [0.2, 0.25) is 5.28 Å². The fourth-order valence-corrected chi connectivity index (χ4v) is 2.69. The van der Waals surface area contributed by atoms with Gasteiger partial charge in [-0.2, -0.15) is 4.98 Å². The number of halogens is 2. The van der Waals surface area contributed by atoms with Crippen LogP contribution in [-0.2, 0) is 6.42 Å². The molecule has 0 aromatic carbocycles. The second-order valence-electron chi connectivity index (χ2n) is 3.18. The van der Waals surface area contributed by atoms with Gasteiger partial charge in [-0.25, -0.2) is 4.98 Å². The van der Waals surface area contributed by atoms with Crippen molar-refractivity contribution in [3.8, 4) is 0 Å². The van der Waals surface area contributed by atoms with E-state index in [1.165, 1.54) is 0 Å². The monoisotopic (exact) mass is 247 g/mol. The van der Waals surface area contributed by atoms with Crippen LogP contribution in [0.4, 0.5) is 10.2 Å². The summed E-state index contributed by atoms with van der Waals surface area (Å²) >= 11 is 7.52. The number of fused-ring (bicyclic) bond motifs is 1. The van der Waals surface area contributed by atoms with Crippen molar-refractivity contribution in [3.05, 3.63) is 11.0 Å². The number of anilines is 1. The first-order valence-electron chi connectivity index (χ1n) is 4.80. The SMILES string of the molecule is FCCCNc1nc(Cl)nc2c1SCC2. The summed E-state index contributed by atoms with van der Waals surface area (Å²) in [6, 6.07) is 0. The summed E-state index contributed by atoms with van der Waals surface area (Å²) in [5.41, 5.74) is 1.00. The van der Waals surface area contributed by atoms with Crippen LogP contribution < -0.4 is 5.32 Å². The smallest absolute Gasteiger partial charge is 0.224 e. The van der Waals surface area contributed by atoms with E-state index in [2.05, 4.69) is 15.3 Å². The molecule has 0 fully saturated rings. The average molecular weight is 248 g/mol. The molecule has 0 saturated carbocycles. The Bertz CT molecular complexity index is 361. The zero-order chi connectivity index (χ0) is 10.7. The first-order chi connectivity index (χ1) is 7.31. The molecule has 1 N–H and O–H groups in total. The van der Waals surface area contributed by atoms with Crippen molar-refractivity contribution < 1.29 is 4.39 Å². The number of alkyl halides is 1. The topological polar surface area (TPSA) is 37.8 Å². The normalized spacial score (nSPS) is 14.0. The van der Waals surface area contributed by atoms with Crippen LogP contribution in [0.25, 0.3) is 0 Å². The lowest BCUT2D eigenvalue weighted by atomic mass is 10.3. The molecule has 15 heavy (non-hydrogen) atoms. The Morgan fingerprint density at radius 1 is 1.47 bits per heavy atom. The number of nitrogens with one attached hydrogen (secondary N) is 1. The van der Waals surface area contributed by atoms with Crippen LogP contribution in [0.3, 0.4) is 0 Å². The lowest BCUT2D eigenvalue weighted by molar-refractivity contribution is 0.481. The largest absolute Gasteiger partial charge is 0.369 e. The lowest BCUT2D eigenvalue weighted by Crippen LogP contribution is -2.06. The third-order valence-electron chi connectivity index (χ3n) is 2.10. The molecule has 0 bridgehead atoms. The highest BCUT2D eigenvalue weighted by Crippen LogP contribution is 2.35. The van der Waals surface area contributed by atoms with E-state index >= 15 is 0 Å². The van der Waals surface area contributed by atoms with Crippen molar-refractivity contribution in [1.29, 1.82) is 0 Å². The molecule has 0 radical (unpaired) electrons. The Labute approximate surface area is 96.8 Å². The minimum Gasteiger partial charge on any atom is -0.369 e. The summed E-state index contributed by atoms with van der Waals surface area (Å²) in [5.74, 6) is 1.77. The third kappa shape index (κ3) is 2.52. The molecule has 0 saturated heterocycles. The van der Waals surface area contributed by atoms with Gasteiger partial charge in [0.1, 0.15) is 5.82 Å². The first-order valence-corrected chi connectivity index (χ1v) is 6.16. The van der Waals surface area contributed by atoms with Crippen molar-refractivity contribution in [3.63, 3.8) is 0 Å². The molecule has 1 aliphatic rings. The van der Waals surface area contributed by atoms with Gasteiger partial charge in [0, 0.05) is 18.7 Å². The highest BCUT2D eigenvalue weighted by atomic mass is 35.5. The molecule has 3 nitrogen and oxygen atoms in total. The summed E-state index contributed by atoms with van der Waals surface area (Å²) in [6.45, 7) is 0.262. The van der Waals surface area contributed by atoms with E-state index in [-0.39, 0.29) is 12.0 Å². The van der Waals surface area contributed by atoms with Gasteiger partial charge in [-0.1, -0.05) is 0 Å². The van der Waals surface area contributed by atoms with Crippen molar-refractivity contribution in [1.82, 2.24) is 9.97 Å². The van der Waals surface area contributed by atoms with E-state index in [0.29, 0.717) is 13.0 Å². The van der Waals surface area contributed by atoms with Crippen molar-refractivity contribution >= 4 is 29.2 Å². The van der Waals surface area contributed by atoms with Gasteiger partial charge in [0.25, 0.3) is 0 Å². The summed E-state index contributed by atoms with van der Waals surface area (Å²) in [5, 5.41) is 3.35. The van der Waals surface area contributed by atoms with E-state index in [1.807, 2.05) is 0 Å². The highest BCUT2D eigenvalue weighted by molar-refractivity contribution is 7.99. The molecular formula is C9H11ClFN3S. The standard InChI is InChI=1S/C9H11ClFN3S/c10-9-13-6-2-5-15-7(6)8(14-9)12-4-1-3-11/h1-5H2,(H,12,13,14). The summed E-state index contributed by atoms with van der Waals surface area (Å²) in [6.07, 6.45) is 1.42. The van der Waals surface area contributed by atoms with Gasteiger partial charge in [0.15, 0.2) is 0 Å². The van der Waals surface area contributed by atoms with Gasteiger partial charge >= 0.3 is 0 Å². The Morgan fingerprint density at radius 3 is 3.13 bits per heavy atom. The van der Waals surface area contributed by atoms with Crippen molar-refractivity contribution in [2.24, 2.45) is 0 Å². The number of hydrogen-bond donors (Lipinski definition) is 1. The summed E-state index contributed by atoms with van der Waals surface area (Å²) in [7, 11) is 0. The van der Waals surface area contributed by atoms with E-state index < -0.39 is 0 Å². The minimum absolute atomic E-state index is 0.263. The molecular weight excluding hydrogens is 237 g/mol. The van der Waals surface area contributed by atoms with Gasteiger partial charge in [0.2, 0.25) is 5.28 Å². The van der Waals surface area contributed by atoms with Crippen molar-refractivity contribution in [2.75, 3.05) is 24.3 Å². The molecule has 2 rings (SSSR count). The molecule has 82 valence electrons. The highest BCUT2D eigenvalue weighted by Gasteiger charge is 2.19. The van der Waals surface area contributed by atoms with Gasteiger partial charge in [-0.3, -0.25) is 4.39 Å². The van der Waals surface area contributed by atoms with E-state index in [0.717, 1.165) is 28.6 Å². The van der Waals surface area contributed by atoms with Crippen LogP contribution in [0.1, 0.15) is 12.1 Å². The number of thioether (sulfide) groups is 1. The molecule has 0 unspecified atom stereocenters. The molecule has 0 amide bonds. The first kappa shape index (κ1) is 11.0. The van der Waals surface area contributed by atoms with Crippen LogP contribution in [-0.4, -0.2) is 28.9 Å². The van der Waals surface area contributed by atoms with Crippen LogP contribution in [0.5, 0.6) is 0 Å². The maximum atomic E-state index is 11.9. The summed E-state index contributed by atoms with van der Waals surface area (Å²) < 4.78 is 11.9. The zero-order valence-corrected chi connectivity index (χ0v) is 9.67. The maximum Gasteiger partial charge on any atom is 0.224 e. The Hall–Kier alpha value is -0.550. The third-order valence-corrected chi connectivity index (χ3v) is 3.39. The fraction of sp³-hybridized carbons (Fsp3) is 0.556. The number of aryl methyl sites for hydroxylation is 1. The average Bonchev–Trinajstić information content (AvgIpc) is 2.65. The minimum atomic E-state index is -0.318. The quantitative estimate of drug-likeness (QED) is 0.656. The molecule has 0 aliphatic carbocycles. The van der Waals surface area contributed by atoms with Crippen molar-refractivity contribution in [2.45, 2.75) is 17.7 Å². The van der Waals surface area contributed by atoms with Crippen LogP contribution in [0.15, 0.2) is 4.90 Å². The van der Waals surface area contributed by atoms with Gasteiger partial charge in [-0.15, -0.1) is 11.8 Å². The predicted molar refractivity (Wildman–Crippen MR) is 60.6 cm³/mol.